The summed E-state index contributed by atoms with van der Waals surface area (Å²) in [7, 11) is 0. The molecule has 0 bridgehead atoms. The zero-order valence-electron chi connectivity index (χ0n) is 16.2. The van der Waals surface area contributed by atoms with Crippen molar-refractivity contribution < 1.29 is 23.9 Å². The minimum atomic E-state index is -1.24. The monoisotopic (exact) mass is 374 g/mol. The fourth-order valence-electron chi connectivity index (χ4n) is 3.10. The van der Waals surface area contributed by atoms with Crippen molar-refractivity contribution in [1.82, 2.24) is 5.32 Å². The van der Waals surface area contributed by atoms with Crippen LogP contribution in [0.15, 0.2) is 35.7 Å². The summed E-state index contributed by atoms with van der Waals surface area (Å²) in [6.07, 6.45) is -0.786. The van der Waals surface area contributed by atoms with Gasteiger partial charge < -0.3 is 20.5 Å². The van der Waals surface area contributed by atoms with Gasteiger partial charge in [-0.1, -0.05) is 24.3 Å². The Morgan fingerprint density at radius 1 is 1.07 bits per heavy atom. The molecule has 0 saturated heterocycles. The Morgan fingerprint density at radius 2 is 1.67 bits per heavy atom. The fraction of sp³-hybridized carbons (Fsp3) is 0.450. The predicted octanol–water partition coefficient (Wildman–Crippen LogP) is 1.90. The van der Waals surface area contributed by atoms with Crippen LogP contribution in [0, 0.1) is 12.8 Å². The zero-order valence-corrected chi connectivity index (χ0v) is 16.2. The van der Waals surface area contributed by atoms with Gasteiger partial charge in [0.15, 0.2) is 0 Å². The molecule has 1 aliphatic rings. The molecule has 0 radical (unpaired) electrons. The third-order valence-electron chi connectivity index (χ3n) is 4.17. The summed E-state index contributed by atoms with van der Waals surface area (Å²) in [6.45, 7) is 8.65. The SMILES string of the molecule is Cc1ccccc1C1C(C(=O)OC(C)C)=C(N)NC(=O)C1C(=O)OC(C)C. The number of amides is 1. The lowest BCUT2D eigenvalue weighted by molar-refractivity contribution is -0.157. The molecule has 1 aromatic carbocycles. The van der Waals surface area contributed by atoms with Gasteiger partial charge in [-0.25, -0.2) is 4.79 Å². The van der Waals surface area contributed by atoms with E-state index in [0.717, 1.165) is 5.56 Å². The molecule has 146 valence electrons. The molecule has 1 heterocycles. The molecular weight excluding hydrogens is 348 g/mol. The Morgan fingerprint density at radius 3 is 2.22 bits per heavy atom. The molecule has 2 unspecified atom stereocenters. The van der Waals surface area contributed by atoms with Gasteiger partial charge in [0.05, 0.1) is 17.8 Å². The van der Waals surface area contributed by atoms with Crippen molar-refractivity contribution in [1.29, 1.82) is 0 Å². The van der Waals surface area contributed by atoms with Gasteiger partial charge in [-0.05, 0) is 45.7 Å². The molecular formula is C20H26N2O5. The first-order chi connectivity index (χ1) is 12.6. The van der Waals surface area contributed by atoms with Crippen molar-refractivity contribution in [2.75, 3.05) is 0 Å². The minimum absolute atomic E-state index is 0.0586. The third kappa shape index (κ3) is 4.48. The third-order valence-corrected chi connectivity index (χ3v) is 4.17. The molecule has 1 aliphatic heterocycles. The van der Waals surface area contributed by atoms with Gasteiger partial charge >= 0.3 is 11.9 Å². The molecule has 2 atom stereocenters. The second kappa shape index (κ2) is 8.24. The van der Waals surface area contributed by atoms with Crippen molar-refractivity contribution in [2.45, 2.75) is 52.7 Å². The summed E-state index contributed by atoms with van der Waals surface area (Å²) in [6, 6.07) is 7.22. The minimum Gasteiger partial charge on any atom is -0.462 e. The van der Waals surface area contributed by atoms with Crippen LogP contribution >= 0.6 is 0 Å². The van der Waals surface area contributed by atoms with Gasteiger partial charge in [0.2, 0.25) is 5.91 Å². The van der Waals surface area contributed by atoms with E-state index in [4.69, 9.17) is 15.2 Å². The molecule has 7 heteroatoms. The molecule has 3 N–H and O–H groups in total. The normalized spacial score (nSPS) is 19.9. The summed E-state index contributed by atoms with van der Waals surface area (Å²) < 4.78 is 10.6. The van der Waals surface area contributed by atoms with Crippen LogP contribution in [0.2, 0.25) is 0 Å². The number of hydrogen-bond donors (Lipinski definition) is 2. The predicted molar refractivity (Wildman–Crippen MR) is 99.2 cm³/mol. The first-order valence-corrected chi connectivity index (χ1v) is 8.91. The average molecular weight is 374 g/mol. The maximum atomic E-state index is 12.7. The molecule has 7 nitrogen and oxygen atoms in total. The highest BCUT2D eigenvalue weighted by molar-refractivity contribution is 6.05. The molecule has 0 fully saturated rings. The number of nitrogens with two attached hydrogens (primary N) is 1. The molecule has 0 aliphatic carbocycles. The van der Waals surface area contributed by atoms with Crippen LogP contribution in [-0.4, -0.2) is 30.1 Å². The summed E-state index contributed by atoms with van der Waals surface area (Å²) in [4.78, 5) is 38.1. The Balaban J connectivity index is 2.63. The van der Waals surface area contributed by atoms with E-state index < -0.39 is 35.8 Å². The average Bonchev–Trinajstić information content (AvgIpc) is 2.52. The first kappa shape index (κ1) is 20.5. The lowest BCUT2D eigenvalue weighted by Crippen LogP contribution is -2.49. The Labute approximate surface area is 158 Å². The van der Waals surface area contributed by atoms with Crippen LogP contribution in [0.25, 0.3) is 0 Å². The second-order valence-corrected chi connectivity index (χ2v) is 7.07. The number of benzene rings is 1. The summed E-state index contributed by atoms with van der Waals surface area (Å²) in [5.74, 6) is -4.22. The van der Waals surface area contributed by atoms with Gasteiger partial charge in [0, 0.05) is 5.92 Å². The first-order valence-electron chi connectivity index (χ1n) is 8.91. The topological polar surface area (TPSA) is 108 Å². The molecule has 0 aromatic heterocycles. The van der Waals surface area contributed by atoms with E-state index in [-0.39, 0.29) is 17.5 Å². The molecule has 0 spiro atoms. The maximum absolute atomic E-state index is 12.7. The van der Waals surface area contributed by atoms with Gasteiger partial charge in [0.1, 0.15) is 11.7 Å². The van der Waals surface area contributed by atoms with Crippen molar-refractivity contribution in [3.8, 4) is 0 Å². The van der Waals surface area contributed by atoms with Crippen LogP contribution < -0.4 is 11.1 Å². The highest BCUT2D eigenvalue weighted by Crippen LogP contribution is 2.39. The number of carbonyl (C=O) groups excluding carboxylic acids is 3. The number of nitrogens with one attached hydrogen (secondary N) is 1. The van der Waals surface area contributed by atoms with Gasteiger partial charge in [-0.2, -0.15) is 0 Å². The number of rotatable bonds is 5. The Bertz CT molecular complexity index is 782. The number of carbonyl (C=O) groups is 3. The fourth-order valence-corrected chi connectivity index (χ4v) is 3.10. The highest BCUT2D eigenvalue weighted by Gasteiger charge is 2.47. The number of aryl methyl sites for hydroxylation is 1. The largest absolute Gasteiger partial charge is 0.462 e. The smallest absolute Gasteiger partial charge is 0.338 e. The number of hydrogen-bond acceptors (Lipinski definition) is 6. The lowest BCUT2D eigenvalue weighted by atomic mass is 9.76. The van der Waals surface area contributed by atoms with Crippen molar-refractivity contribution >= 4 is 17.8 Å². The van der Waals surface area contributed by atoms with E-state index in [1.54, 1.807) is 39.8 Å². The summed E-state index contributed by atoms with van der Waals surface area (Å²) in [5, 5.41) is 2.42. The lowest BCUT2D eigenvalue weighted by Gasteiger charge is -2.33. The second-order valence-electron chi connectivity index (χ2n) is 7.07. The van der Waals surface area contributed by atoms with E-state index >= 15 is 0 Å². The molecule has 1 amide bonds. The van der Waals surface area contributed by atoms with E-state index in [1.807, 2.05) is 19.1 Å². The summed E-state index contributed by atoms with van der Waals surface area (Å²) >= 11 is 0. The zero-order chi connectivity index (χ0) is 20.3. The van der Waals surface area contributed by atoms with Crippen LogP contribution in [0.4, 0.5) is 0 Å². The standard InChI is InChI=1S/C20H26N2O5/c1-10(2)26-19(24)15-14(13-9-7-6-8-12(13)5)16(18(23)22-17(15)21)20(25)27-11(3)4/h6-11,14,16H,21H2,1-5H3,(H,22,23). The molecule has 1 aromatic rings. The molecule has 2 rings (SSSR count). The van der Waals surface area contributed by atoms with Crippen LogP contribution in [-0.2, 0) is 23.9 Å². The van der Waals surface area contributed by atoms with Gasteiger partial charge in [-0.15, -0.1) is 0 Å². The van der Waals surface area contributed by atoms with Crippen LogP contribution in [0.3, 0.4) is 0 Å². The quantitative estimate of drug-likeness (QED) is 0.602. The van der Waals surface area contributed by atoms with Crippen molar-refractivity contribution in [2.24, 2.45) is 11.7 Å². The summed E-state index contributed by atoms with van der Waals surface area (Å²) in [5.41, 5.74) is 7.51. The number of esters is 2. The van der Waals surface area contributed by atoms with Crippen LogP contribution in [0.5, 0.6) is 0 Å². The van der Waals surface area contributed by atoms with Gasteiger partial charge in [-0.3, -0.25) is 9.59 Å². The Kier molecular flexibility index (Phi) is 6.25. The van der Waals surface area contributed by atoms with Gasteiger partial charge in [0.25, 0.3) is 0 Å². The maximum Gasteiger partial charge on any atom is 0.338 e. The van der Waals surface area contributed by atoms with Crippen LogP contribution in [0.1, 0.15) is 44.7 Å². The molecule has 27 heavy (non-hydrogen) atoms. The number of ether oxygens (including phenoxy) is 2. The van der Waals surface area contributed by atoms with Crippen molar-refractivity contribution in [3.63, 3.8) is 0 Å². The van der Waals surface area contributed by atoms with E-state index in [9.17, 15) is 14.4 Å². The van der Waals surface area contributed by atoms with E-state index in [0.29, 0.717) is 5.56 Å². The van der Waals surface area contributed by atoms with Crippen molar-refractivity contribution in [3.05, 3.63) is 46.8 Å². The Hall–Kier alpha value is -2.83. The van der Waals surface area contributed by atoms with E-state index in [2.05, 4.69) is 5.32 Å². The molecule has 0 saturated carbocycles. The highest BCUT2D eigenvalue weighted by atomic mass is 16.5. The van der Waals surface area contributed by atoms with E-state index in [1.165, 1.54) is 0 Å².